The van der Waals surface area contributed by atoms with Crippen molar-refractivity contribution in [3.8, 4) is 5.75 Å². The Labute approximate surface area is 249 Å². The normalized spacial score (nSPS) is 12.1. The van der Waals surface area contributed by atoms with Gasteiger partial charge in [0, 0.05) is 22.1 Å². The SMILES string of the molecule is CCOc1ccc(N(CC(=O)N(Cc2cccc(Cl)c2)[C@@H](C)C(=O)NC(C)C)S(=O)(=O)c2ccc(Br)cc2)cc1. The van der Waals surface area contributed by atoms with Gasteiger partial charge in [-0.3, -0.25) is 13.9 Å². The Morgan fingerprint density at radius 3 is 2.23 bits per heavy atom. The molecule has 0 saturated heterocycles. The summed E-state index contributed by atoms with van der Waals surface area (Å²) in [5.74, 6) is -0.338. The first-order valence-corrected chi connectivity index (χ1v) is 15.4. The summed E-state index contributed by atoms with van der Waals surface area (Å²) in [6, 6.07) is 18.6. The maximum absolute atomic E-state index is 13.9. The van der Waals surface area contributed by atoms with E-state index in [4.69, 9.17) is 16.3 Å². The molecule has 3 rings (SSSR count). The lowest BCUT2D eigenvalue weighted by Crippen LogP contribution is -2.52. The van der Waals surface area contributed by atoms with Crippen LogP contribution in [-0.4, -0.2) is 50.4 Å². The van der Waals surface area contributed by atoms with E-state index in [1.54, 1.807) is 67.6 Å². The molecule has 8 nitrogen and oxygen atoms in total. The molecule has 0 heterocycles. The zero-order valence-electron chi connectivity index (χ0n) is 22.8. The number of nitrogens with one attached hydrogen (secondary N) is 1. The van der Waals surface area contributed by atoms with Crippen LogP contribution in [0, 0.1) is 0 Å². The molecular formula is C29H33BrClN3O5S. The molecule has 0 radical (unpaired) electrons. The summed E-state index contributed by atoms with van der Waals surface area (Å²) in [6.07, 6.45) is 0. The molecule has 2 amide bonds. The van der Waals surface area contributed by atoms with E-state index in [2.05, 4.69) is 21.2 Å². The van der Waals surface area contributed by atoms with Crippen molar-refractivity contribution < 1.29 is 22.7 Å². The zero-order chi connectivity index (χ0) is 29.4. The number of anilines is 1. The first-order valence-electron chi connectivity index (χ1n) is 12.8. The van der Waals surface area contributed by atoms with Gasteiger partial charge in [-0.2, -0.15) is 0 Å². The highest BCUT2D eigenvalue weighted by Crippen LogP contribution is 2.27. The van der Waals surface area contributed by atoms with Gasteiger partial charge in [-0.1, -0.05) is 39.7 Å². The van der Waals surface area contributed by atoms with Crippen LogP contribution in [0.2, 0.25) is 5.02 Å². The summed E-state index contributed by atoms with van der Waals surface area (Å²) in [5, 5.41) is 3.31. The Morgan fingerprint density at radius 2 is 1.65 bits per heavy atom. The molecule has 1 atom stereocenters. The lowest BCUT2D eigenvalue weighted by Gasteiger charge is -2.32. The number of hydrogen-bond donors (Lipinski definition) is 1. The number of halogens is 2. The number of sulfonamides is 1. The van der Waals surface area contributed by atoms with Crippen LogP contribution in [0.25, 0.3) is 0 Å². The third-order valence-electron chi connectivity index (χ3n) is 5.96. The molecule has 3 aromatic rings. The molecule has 0 aliphatic heterocycles. The fraction of sp³-hybridized carbons (Fsp3) is 0.310. The summed E-state index contributed by atoms with van der Waals surface area (Å²) in [6.45, 7) is 7.09. The molecule has 0 aliphatic rings. The van der Waals surface area contributed by atoms with Crippen molar-refractivity contribution >= 4 is 55.1 Å². The van der Waals surface area contributed by atoms with Crippen LogP contribution in [0.3, 0.4) is 0 Å². The molecule has 0 aromatic heterocycles. The van der Waals surface area contributed by atoms with E-state index in [9.17, 15) is 18.0 Å². The van der Waals surface area contributed by atoms with Gasteiger partial charge in [-0.15, -0.1) is 0 Å². The summed E-state index contributed by atoms with van der Waals surface area (Å²) < 4.78 is 35.0. The van der Waals surface area contributed by atoms with Gasteiger partial charge in [0.05, 0.1) is 17.2 Å². The average Bonchev–Trinajstić information content (AvgIpc) is 2.90. The highest BCUT2D eigenvalue weighted by molar-refractivity contribution is 9.10. The molecule has 0 fully saturated rings. The standard InChI is InChI=1S/C29H33BrClN3O5S/c1-5-39-26-13-11-25(12-14-26)34(40(37,38)27-15-9-23(30)10-16-27)19-28(35)33(21(4)29(36)32-20(2)3)18-22-7-6-8-24(31)17-22/h6-17,20-21H,5,18-19H2,1-4H3,(H,32,36)/t21-/m0/s1. The minimum absolute atomic E-state index is 0.0179. The van der Waals surface area contributed by atoms with Gasteiger partial charge in [0.1, 0.15) is 18.3 Å². The number of rotatable bonds is 12. The summed E-state index contributed by atoms with van der Waals surface area (Å²) in [7, 11) is -4.17. The lowest BCUT2D eigenvalue weighted by atomic mass is 10.1. The van der Waals surface area contributed by atoms with Gasteiger partial charge in [0.2, 0.25) is 11.8 Å². The van der Waals surface area contributed by atoms with Crippen LogP contribution in [0.15, 0.2) is 82.2 Å². The molecule has 214 valence electrons. The lowest BCUT2D eigenvalue weighted by molar-refractivity contribution is -0.139. The van der Waals surface area contributed by atoms with E-state index in [0.717, 1.165) is 4.31 Å². The van der Waals surface area contributed by atoms with E-state index in [1.807, 2.05) is 20.8 Å². The minimum atomic E-state index is -4.17. The molecular weight excluding hydrogens is 618 g/mol. The van der Waals surface area contributed by atoms with Crippen molar-refractivity contribution in [2.75, 3.05) is 17.5 Å². The van der Waals surface area contributed by atoms with Gasteiger partial charge < -0.3 is 15.0 Å². The second kappa shape index (κ2) is 14.0. The van der Waals surface area contributed by atoms with Gasteiger partial charge in [-0.05, 0) is 93.9 Å². The smallest absolute Gasteiger partial charge is 0.264 e. The maximum Gasteiger partial charge on any atom is 0.264 e. The van der Waals surface area contributed by atoms with Gasteiger partial charge in [0.15, 0.2) is 0 Å². The van der Waals surface area contributed by atoms with Crippen molar-refractivity contribution in [3.63, 3.8) is 0 Å². The maximum atomic E-state index is 13.9. The van der Waals surface area contributed by atoms with E-state index in [1.165, 1.54) is 17.0 Å². The third kappa shape index (κ3) is 8.22. The number of carbonyl (C=O) groups excluding carboxylic acids is 2. The van der Waals surface area contributed by atoms with E-state index < -0.39 is 28.5 Å². The minimum Gasteiger partial charge on any atom is -0.494 e. The molecule has 1 N–H and O–H groups in total. The predicted molar refractivity (Wildman–Crippen MR) is 161 cm³/mol. The van der Waals surface area contributed by atoms with Gasteiger partial charge in [-0.25, -0.2) is 8.42 Å². The van der Waals surface area contributed by atoms with E-state index in [0.29, 0.717) is 27.4 Å². The Bertz CT molecular complexity index is 1420. The molecule has 11 heteroatoms. The predicted octanol–water partition coefficient (Wildman–Crippen LogP) is 5.64. The topological polar surface area (TPSA) is 96.0 Å². The fourth-order valence-electron chi connectivity index (χ4n) is 3.96. The molecule has 0 aliphatic carbocycles. The molecule has 40 heavy (non-hydrogen) atoms. The second-order valence-corrected chi connectivity index (χ2v) is 12.6. The third-order valence-corrected chi connectivity index (χ3v) is 8.51. The van der Waals surface area contributed by atoms with E-state index in [-0.39, 0.29) is 29.1 Å². The van der Waals surface area contributed by atoms with Crippen molar-refractivity contribution in [1.82, 2.24) is 10.2 Å². The number of carbonyl (C=O) groups is 2. The number of nitrogens with zero attached hydrogens (tertiary/aromatic N) is 2. The number of ether oxygens (including phenoxy) is 1. The first-order chi connectivity index (χ1) is 18.9. The Balaban J connectivity index is 2.03. The largest absolute Gasteiger partial charge is 0.494 e. The van der Waals surface area contributed by atoms with Crippen molar-refractivity contribution in [2.45, 2.75) is 51.2 Å². The van der Waals surface area contributed by atoms with Crippen molar-refractivity contribution in [2.24, 2.45) is 0 Å². The van der Waals surface area contributed by atoms with Crippen LogP contribution < -0.4 is 14.4 Å². The quantitative estimate of drug-likeness (QED) is 0.274. The van der Waals surface area contributed by atoms with Crippen LogP contribution in [0.5, 0.6) is 5.75 Å². The number of hydrogen-bond acceptors (Lipinski definition) is 5. The Kier molecular flexibility index (Phi) is 11.0. The van der Waals surface area contributed by atoms with Gasteiger partial charge in [0.25, 0.3) is 10.0 Å². The average molecular weight is 651 g/mol. The fourth-order valence-corrected chi connectivity index (χ4v) is 5.85. The number of benzene rings is 3. The monoisotopic (exact) mass is 649 g/mol. The van der Waals surface area contributed by atoms with Crippen LogP contribution in [0.4, 0.5) is 5.69 Å². The molecule has 0 unspecified atom stereocenters. The molecule has 0 bridgehead atoms. The van der Waals surface area contributed by atoms with Crippen molar-refractivity contribution in [3.05, 3.63) is 87.9 Å². The molecule has 3 aromatic carbocycles. The molecule has 0 saturated carbocycles. The summed E-state index contributed by atoms with van der Waals surface area (Å²) in [5.41, 5.74) is 0.982. The van der Waals surface area contributed by atoms with Crippen LogP contribution in [-0.2, 0) is 26.2 Å². The summed E-state index contributed by atoms with van der Waals surface area (Å²) in [4.78, 5) is 28.3. The Hall–Kier alpha value is -3.08. The van der Waals surface area contributed by atoms with E-state index >= 15 is 0 Å². The highest BCUT2D eigenvalue weighted by Gasteiger charge is 2.32. The Morgan fingerprint density at radius 1 is 1.00 bits per heavy atom. The van der Waals surface area contributed by atoms with Crippen LogP contribution in [0.1, 0.15) is 33.3 Å². The van der Waals surface area contributed by atoms with Crippen LogP contribution >= 0.6 is 27.5 Å². The molecule has 0 spiro atoms. The zero-order valence-corrected chi connectivity index (χ0v) is 26.0. The first kappa shape index (κ1) is 31.4. The number of amides is 2. The second-order valence-electron chi connectivity index (χ2n) is 9.38. The summed E-state index contributed by atoms with van der Waals surface area (Å²) >= 11 is 9.50. The van der Waals surface area contributed by atoms with Crippen molar-refractivity contribution in [1.29, 1.82) is 0 Å². The van der Waals surface area contributed by atoms with Gasteiger partial charge >= 0.3 is 0 Å². The highest BCUT2D eigenvalue weighted by atomic mass is 79.9.